The largest absolute Gasteiger partial charge is 0.476 e. The van der Waals surface area contributed by atoms with Crippen LogP contribution in [0.3, 0.4) is 0 Å². The summed E-state index contributed by atoms with van der Waals surface area (Å²) in [4.78, 5) is 23.4. The van der Waals surface area contributed by atoms with E-state index in [1.54, 1.807) is 6.20 Å². The highest BCUT2D eigenvalue weighted by atomic mass is 35.5. The zero-order chi connectivity index (χ0) is 18.0. The Morgan fingerprint density at radius 2 is 1.84 bits per heavy atom. The molecule has 0 saturated carbocycles. The number of hydrogen-bond acceptors (Lipinski definition) is 6. The van der Waals surface area contributed by atoms with Crippen molar-refractivity contribution in [2.75, 3.05) is 5.43 Å². The molecule has 2 aromatic heterocycles. The number of hydrogen-bond donors (Lipinski definition) is 2. The quantitative estimate of drug-likeness (QED) is 0.391. The molecule has 0 saturated heterocycles. The Bertz CT molecular complexity index is 1010. The number of nitrogens with zero attached hydrogens (tertiary/aromatic N) is 4. The van der Waals surface area contributed by atoms with E-state index >= 15 is 0 Å². The van der Waals surface area contributed by atoms with E-state index in [-0.39, 0.29) is 20.9 Å². The van der Waals surface area contributed by atoms with Crippen LogP contribution in [0.5, 0.6) is 0 Å². The van der Waals surface area contributed by atoms with Crippen LogP contribution in [0.1, 0.15) is 16.2 Å². The van der Waals surface area contributed by atoms with Gasteiger partial charge in [0, 0.05) is 0 Å². The number of carboxylic acids is 1. The molecule has 3 rings (SSSR count). The van der Waals surface area contributed by atoms with E-state index < -0.39 is 11.7 Å². The summed E-state index contributed by atoms with van der Waals surface area (Å²) in [5, 5.41) is 12.6. The van der Waals surface area contributed by atoms with Crippen LogP contribution < -0.4 is 5.43 Å². The average Bonchev–Trinajstić information content (AvgIpc) is 2.60. The van der Waals surface area contributed by atoms with Gasteiger partial charge in [0.1, 0.15) is 15.7 Å². The molecule has 10 heteroatoms. The summed E-state index contributed by atoms with van der Waals surface area (Å²) < 4.78 is 0. The molecule has 7 nitrogen and oxygen atoms in total. The maximum atomic E-state index is 11.1. The fraction of sp³-hybridized carbons (Fsp3) is 0. The molecule has 0 aliphatic heterocycles. The number of benzene rings is 1. The lowest BCUT2D eigenvalue weighted by Gasteiger charge is -2.09. The van der Waals surface area contributed by atoms with Gasteiger partial charge < -0.3 is 5.11 Å². The Morgan fingerprint density at radius 1 is 1.12 bits per heavy atom. The fourth-order valence-electron chi connectivity index (χ4n) is 1.95. The molecule has 126 valence electrons. The lowest BCUT2D eigenvalue weighted by Crippen LogP contribution is -2.05. The van der Waals surface area contributed by atoms with Gasteiger partial charge >= 0.3 is 5.97 Å². The van der Waals surface area contributed by atoms with Gasteiger partial charge in [0.25, 0.3) is 0 Å². The smallest absolute Gasteiger partial charge is 0.356 e. The maximum Gasteiger partial charge on any atom is 0.356 e. The van der Waals surface area contributed by atoms with Gasteiger partial charge in [-0.1, -0.05) is 46.9 Å². The van der Waals surface area contributed by atoms with E-state index in [4.69, 9.17) is 39.9 Å². The molecule has 0 bridgehead atoms. The van der Waals surface area contributed by atoms with E-state index in [2.05, 4.69) is 25.5 Å². The minimum Gasteiger partial charge on any atom is -0.476 e. The van der Waals surface area contributed by atoms with E-state index in [0.29, 0.717) is 11.2 Å². The molecule has 0 spiro atoms. The minimum absolute atomic E-state index is 0.0331. The molecule has 1 aromatic carbocycles. The van der Waals surface area contributed by atoms with E-state index in [1.165, 1.54) is 6.21 Å². The van der Waals surface area contributed by atoms with Gasteiger partial charge in [-0.15, -0.1) is 0 Å². The average molecular weight is 397 g/mol. The molecule has 25 heavy (non-hydrogen) atoms. The van der Waals surface area contributed by atoms with Crippen molar-refractivity contribution in [1.82, 2.24) is 15.0 Å². The standard InChI is InChI=1S/C15H8Cl3N5O2/c16-10-12(11(17)14(18)22-13(10)15(24)25)23-20-6-7-5-19-8-3-1-2-4-9(8)21-7/h1-6H,(H,22,23)(H,24,25)/b20-6-. The Morgan fingerprint density at radius 3 is 2.56 bits per heavy atom. The highest BCUT2D eigenvalue weighted by molar-refractivity contribution is 6.46. The number of fused-ring (bicyclic) bond motifs is 1. The monoisotopic (exact) mass is 395 g/mol. The van der Waals surface area contributed by atoms with Crippen molar-refractivity contribution < 1.29 is 9.90 Å². The number of pyridine rings is 1. The molecule has 2 N–H and O–H groups in total. The SMILES string of the molecule is O=C(O)c1nc(Cl)c(Cl)c(N/N=C\c2cnc3ccccc3n2)c1Cl. The highest BCUT2D eigenvalue weighted by Crippen LogP contribution is 2.36. The fourth-order valence-corrected chi connectivity index (χ4v) is 2.62. The number of aromatic nitrogens is 3. The number of nitrogens with one attached hydrogen (secondary N) is 1. The zero-order valence-corrected chi connectivity index (χ0v) is 14.5. The topological polar surface area (TPSA) is 100 Å². The van der Waals surface area contributed by atoms with Gasteiger partial charge in [-0.05, 0) is 12.1 Å². The van der Waals surface area contributed by atoms with Crippen LogP contribution in [0.2, 0.25) is 15.2 Å². The number of anilines is 1. The number of halogens is 3. The first-order valence-electron chi connectivity index (χ1n) is 6.76. The van der Waals surface area contributed by atoms with Crippen molar-refractivity contribution in [2.24, 2.45) is 5.10 Å². The van der Waals surface area contributed by atoms with Crippen molar-refractivity contribution in [1.29, 1.82) is 0 Å². The van der Waals surface area contributed by atoms with Gasteiger partial charge in [0.05, 0.1) is 29.1 Å². The Hall–Kier alpha value is -2.48. The van der Waals surface area contributed by atoms with Crippen molar-refractivity contribution in [3.05, 3.63) is 57.0 Å². The Kier molecular flexibility index (Phi) is 4.98. The van der Waals surface area contributed by atoms with Crippen LogP contribution in [0.15, 0.2) is 35.6 Å². The number of rotatable bonds is 4. The first-order valence-corrected chi connectivity index (χ1v) is 7.89. The molecule has 0 fully saturated rings. The Balaban J connectivity index is 1.89. The van der Waals surface area contributed by atoms with Gasteiger partial charge in [-0.2, -0.15) is 5.10 Å². The second-order valence-corrected chi connectivity index (χ2v) is 5.83. The summed E-state index contributed by atoms with van der Waals surface area (Å²) in [6.45, 7) is 0. The summed E-state index contributed by atoms with van der Waals surface area (Å²) in [7, 11) is 0. The van der Waals surface area contributed by atoms with Gasteiger partial charge in [-0.3, -0.25) is 10.4 Å². The number of para-hydroxylation sites is 2. The van der Waals surface area contributed by atoms with E-state index in [1.807, 2.05) is 24.3 Å². The van der Waals surface area contributed by atoms with Crippen LogP contribution in [-0.2, 0) is 0 Å². The second-order valence-electron chi connectivity index (χ2n) is 4.71. The summed E-state index contributed by atoms with van der Waals surface area (Å²) in [6, 6.07) is 7.38. The van der Waals surface area contributed by atoms with Crippen molar-refractivity contribution >= 4 is 63.7 Å². The number of hydrazone groups is 1. The van der Waals surface area contributed by atoms with Gasteiger partial charge in [-0.25, -0.2) is 14.8 Å². The molecule has 0 atom stereocenters. The van der Waals surface area contributed by atoms with Crippen LogP contribution in [0.4, 0.5) is 5.69 Å². The summed E-state index contributed by atoms with van der Waals surface area (Å²) >= 11 is 17.8. The normalized spacial score (nSPS) is 11.2. The predicted octanol–water partition coefficient (Wildman–Crippen LogP) is 4.13. The van der Waals surface area contributed by atoms with Crippen molar-refractivity contribution in [3.63, 3.8) is 0 Å². The maximum absolute atomic E-state index is 11.1. The molecular formula is C15H8Cl3N5O2. The molecule has 0 radical (unpaired) electrons. The summed E-state index contributed by atoms with van der Waals surface area (Å²) in [5.74, 6) is -1.34. The summed E-state index contributed by atoms with van der Waals surface area (Å²) in [5.41, 5.74) is 4.12. The first-order chi connectivity index (χ1) is 12.0. The minimum atomic E-state index is -1.34. The molecule has 2 heterocycles. The number of carbonyl (C=O) groups is 1. The van der Waals surface area contributed by atoms with Crippen LogP contribution in [0, 0.1) is 0 Å². The number of aromatic carboxylic acids is 1. The molecule has 0 amide bonds. The van der Waals surface area contributed by atoms with Gasteiger partial charge in [0.15, 0.2) is 10.8 Å². The Labute approximate surface area is 156 Å². The highest BCUT2D eigenvalue weighted by Gasteiger charge is 2.20. The molecule has 0 unspecified atom stereocenters. The van der Waals surface area contributed by atoms with E-state index in [9.17, 15) is 4.79 Å². The van der Waals surface area contributed by atoms with Crippen molar-refractivity contribution in [2.45, 2.75) is 0 Å². The molecule has 0 aliphatic carbocycles. The second kappa shape index (κ2) is 7.18. The van der Waals surface area contributed by atoms with Crippen LogP contribution in [-0.4, -0.2) is 32.2 Å². The van der Waals surface area contributed by atoms with Crippen LogP contribution >= 0.6 is 34.8 Å². The number of carboxylic acid groups (broad SMARTS) is 1. The molecule has 0 aliphatic rings. The lowest BCUT2D eigenvalue weighted by atomic mass is 10.3. The van der Waals surface area contributed by atoms with Crippen molar-refractivity contribution in [3.8, 4) is 0 Å². The predicted molar refractivity (Wildman–Crippen MR) is 97.0 cm³/mol. The van der Waals surface area contributed by atoms with E-state index in [0.717, 1.165) is 5.52 Å². The van der Waals surface area contributed by atoms with Gasteiger partial charge in [0.2, 0.25) is 0 Å². The molecule has 3 aromatic rings. The lowest BCUT2D eigenvalue weighted by molar-refractivity contribution is 0.0691. The third-order valence-electron chi connectivity index (χ3n) is 3.08. The molecular weight excluding hydrogens is 389 g/mol. The third kappa shape index (κ3) is 3.63. The third-order valence-corrected chi connectivity index (χ3v) is 4.19. The first kappa shape index (κ1) is 17.3. The summed E-state index contributed by atoms with van der Waals surface area (Å²) in [6.07, 6.45) is 2.93. The van der Waals surface area contributed by atoms with Crippen LogP contribution in [0.25, 0.3) is 11.0 Å². The zero-order valence-electron chi connectivity index (χ0n) is 12.2.